The van der Waals surface area contributed by atoms with Crippen molar-refractivity contribution in [2.45, 2.75) is 51.1 Å². The van der Waals surface area contributed by atoms with E-state index in [2.05, 4.69) is 5.32 Å². The molecule has 1 N–H and O–H groups in total. The lowest BCUT2D eigenvalue weighted by Gasteiger charge is -2.35. The molecule has 0 bridgehead atoms. The fraction of sp³-hybridized carbons (Fsp3) is 0.545. The van der Waals surface area contributed by atoms with E-state index >= 15 is 0 Å². The molecule has 29 heavy (non-hydrogen) atoms. The molecule has 2 atom stereocenters. The van der Waals surface area contributed by atoms with Gasteiger partial charge < -0.3 is 15.0 Å². The van der Waals surface area contributed by atoms with Crippen LogP contribution < -0.4 is 10.2 Å². The Bertz CT molecular complexity index is 845. The van der Waals surface area contributed by atoms with Gasteiger partial charge in [-0.2, -0.15) is 0 Å². The molecule has 1 aromatic rings. The van der Waals surface area contributed by atoms with Crippen LogP contribution in [0.15, 0.2) is 12.1 Å². The molecule has 0 aromatic heterocycles. The fourth-order valence-corrected chi connectivity index (χ4v) is 4.29. The maximum atomic E-state index is 14.8. The van der Waals surface area contributed by atoms with Gasteiger partial charge in [0.05, 0.1) is 12.3 Å². The number of rotatable bonds is 6. The molecule has 0 radical (unpaired) electrons. The third-order valence-electron chi connectivity index (χ3n) is 5.90. The number of hydrogen-bond donors (Lipinski definition) is 1. The molecular weight excluding hydrogens is 378 g/mol. The van der Waals surface area contributed by atoms with Crippen molar-refractivity contribution < 1.29 is 23.1 Å². The van der Waals surface area contributed by atoms with Gasteiger partial charge in [0.15, 0.2) is 17.4 Å². The van der Waals surface area contributed by atoms with Gasteiger partial charge in [-0.1, -0.05) is 12.2 Å². The summed E-state index contributed by atoms with van der Waals surface area (Å²) in [7, 11) is 0. The monoisotopic (exact) mass is 404 g/mol. The number of esters is 1. The minimum absolute atomic E-state index is 0.0683. The van der Waals surface area contributed by atoms with Crippen molar-refractivity contribution >= 4 is 23.5 Å². The Balaban J connectivity index is 1.72. The van der Waals surface area contributed by atoms with Gasteiger partial charge in [-0.15, -0.1) is 0 Å². The summed E-state index contributed by atoms with van der Waals surface area (Å²) in [6, 6.07) is 1.41. The number of ketones is 1. The number of benzene rings is 1. The number of carbonyl (C=O) groups is 2. The van der Waals surface area contributed by atoms with E-state index in [0.29, 0.717) is 18.2 Å². The molecule has 2 unspecified atom stereocenters. The zero-order valence-corrected chi connectivity index (χ0v) is 16.5. The topological polar surface area (TPSA) is 58.6 Å². The maximum absolute atomic E-state index is 14.8. The minimum Gasteiger partial charge on any atom is -0.465 e. The van der Waals surface area contributed by atoms with E-state index < -0.39 is 29.3 Å². The lowest BCUT2D eigenvalue weighted by Crippen LogP contribution is -2.45. The van der Waals surface area contributed by atoms with E-state index in [4.69, 9.17) is 4.74 Å². The average molecular weight is 404 g/mol. The van der Waals surface area contributed by atoms with Gasteiger partial charge >= 0.3 is 5.97 Å². The second-order valence-electron chi connectivity index (χ2n) is 7.97. The van der Waals surface area contributed by atoms with Gasteiger partial charge in [-0.25, -0.2) is 8.78 Å². The van der Waals surface area contributed by atoms with Crippen LogP contribution in [0.25, 0.3) is 6.08 Å². The summed E-state index contributed by atoms with van der Waals surface area (Å²) < 4.78 is 34.2. The molecule has 1 aromatic carbocycles. The fourth-order valence-electron chi connectivity index (χ4n) is 4.29. The largest absolute Gasteiger partial charge is 0.465 e. The van der Waals surface area contributed by atoms with Crippen LogP contribution in [0.1, 0.15) is 54.9 Å². The average Bonchev–Trinajstić information content (AvgIpc) is 3.41. The van der Waals surface area contributed by atoms with Crippen molar-refractivity contribution in [1.82, 2.24) is 5.32 Å². The Morgan fingerprint density at radius 2 is 2.14 bits per heavy atom. The van der Waals surface area contributed by atoms with E-state index in [0.717, 1.165) is 38.3 Å². The third kappa shape index (κ3) is 3.92. The minimum atomic E-state index is -1.07. The maximum Gasteiger partial charge on any atom is 0.318 e. The molecule has 1 saturated heterocycles. The Morgan fingerprint density at radius 1 is 1.34 bits per heavy atom. The van der Waals surface area contributed by atoms with Crippen LogP contribution in [-0.4, -0.2) is 43.5 Å². The molecule has 1 saturated carbocycles. The summed E-state index contributed by atoms with van der Waals surface area (Å²) in [5.74, 6) is -4.14. The number of Topliss-reactive ketones (excluding diaryl/α,β-unsaturated/α-hetero) is 1. The summed E-state index contributed by atoms with van der Waals surface area (Å²) >= 11 is 0. The number of carbonyl (C=O) groups excluding carboxylic acids is 2. The summed E-state index contributed by atoms with van der Waals surface area (Å²) in [4.78, 5) is 27.2. The first-order valence-corrected chi connectivity index (χ1v) is 10.4. The molecule has 3 aliphatic rings. The highest BCUT2D eigenvalue weighted by Gasteiger charge is 2.44. The Morgan fingerprint density at radius 3 is 2.79 bits per heavy atom. The lowest BCUT2D eigenvalue weighted by atomic mass is 9.88. The summed E-state index contributed by atoms with van der Waals surface area (Å²) in [5.41, 5.74) is 0.576. The van der Waals surface area contributed by atoms with Crippen molar-refractivity contribution in [1.29, 1.82) is 0 Å². The highest BCUT2D eigenvalue weighted by Crippen LogP contribution is 2.42. The first-order valence-electron chi connectivity index (χ1n) is 10.4. The normalized spacial score (nSPS) is 24.2. The Kier molecular flexibility index (Phi) is 5.67. The van der Waals surface area contributed by atoms with Gasteiger partial charge in [-0.3, -0.25) is 9.59 Å². The van der Waals surface area contributed by atoms with Crippen LogP contribution in [-0.2, 0) is 9.53 Å². The molecule has 2 heterocycles. The summed E-state index contributed by atoms with van der Waals surface area (Å²) in [6.07, 6.45) is 8.12. The SMILES string of the molecule is CCOC(=O)C1CN(C2CC2)c2c(cc(F)c(F)c2/C=C\CC2CCCN2)C1=O. The second kappa shape index (κ2) is 8.22. The molecule has 7 heteroatoms. The smallest absolute Gasteiger partial charge is 0.318 e. The molecule has 2 fully saturated rings. The van der Waals surface area contributed by atoms with Crippen LogP contribution in [0.4, 0.5) is 14.5 Å². The van der Waals surface area contributed by atoms with Crippen LogP contribution >= 0.6 is 0 Å². The predicted molar refractivity (Wildman–Crippen MR) is 106 cm³/mol. The quantitative estimate of drug-likeness (QED) is 0.581. The molecular formula is C22H26F2N2O3. The van der Waals surface area contributed by atoms with Gasteiger partial charge in [0.1, 0.15) is 5.92 Å². The molecule has 1 aliphatic carbocycles. The predicted octanol–water partition coefficient (Wildman–Crippen LogP) is 3.46. The van der Waals surface area contributed by atoms with E-state index in [1.807, 2.05) is 11.0 Å². The van der Waals surface area contributed by atoms with Gasteiger partial charge in [0.2, 0.25) is 0 Å². The van der Waals surface area contributed by atoms with E-state index in [-0.39, 0.29) is 30.3 Å². The Hall–Kier alpha value is -2.28. The number of nitrogens with one attached hydrogen (secondary N) is 1. The first-order chi connectivity index (χ1) is 14.0. The zero-order valence-electron chi connectivity index (χ0n) is 16.5. The van der Waals surface area contributed by atoms with Crippen molar-refractivity contribution in [2.24, 2.45) is 5.92 Å². The number of fused-ring (bicyclic) bond motifs is 1. The number of ether oxygens (including phenoxy) is 1. The van der Waals surface area contributed by atoms with Crippen LogP contribution in [0, 0.1) is 17.6 Å². The van der Waals surface area contributed by atoms with Crippen LogP contribution in [0.3, 0.4) is 0 Å². The van der Waals surface area contributed by atoms with Gasteiger partial charge in [-0.05, 0) is 51.6 Å². The number of nitrogens with zero attached hydrogens (tertiary/aromatic N) is 1. The second-order valence-corrected chi connectivity index (χ2v) is 7.97. The summed E-state index contributed by atoms with van der Waals surface area (Å²) in [6.45, 7) is 2.96. The van der Waals surface area contributed by atoms with Gasteiger partial charge in [0.25, 0.3) is 0 Å². The Labute approximate surface area is 169 Å². The number of hydrogen-bond acceptors (Lipinski definition) is 5. The van der Waals surface area contributed by atoms with Gasteiger partial charge in [0, 0.05) is 29.8 Å². The first kappa shape index (κ1) is 20.0. The highest BCUT2D eigenvalue weighted by molar-refractivity contribution is 6.14. The van der Waals surface area contributed by atoms with Crippen molar-refractivity contribution in [2.75, 3.05) is 24.6 Å². The standard InChI is InChI=1S/C22H26F2N2O3/c1-2-29-22(28)17-12-26(14-8-9-14)20-15(7-3-5-13-6-4-10-25-13)19(24)18(23)11-16(20)21(17)27/h3,7,11,13-14,17,25H,2,4-6,8-10,12H2,1H3/b7-3-. The van der Waals surface area contributed by atoms with E-state index in [1.165, 1.54) is 0 Å². The molecule has 2 aliphatic heterocycles. The van der Waals surface area contributed by atoms with E-state index in [9.17, 15) is 18.4 Å². The van der Waals surface area contributed by atoms with Crippen molar-refractivity contribution in [3.05, 3.63) is 34.9 Å². The van der Waals surface area contributed by atoms with Crippen LogP contribution in [0.5, 0.6) is 0 Å². The third-order valence-corrected chi connectivity index (χ3v) is 5.90. The highest BCUT2D eigenvalue weighted by atomic mass is 19.2. The lowest BCUT2D eigenvalue weighted by molar-refractivity contribution is -0.145. The molecule has 156 valence electrons. The zero-order chi connectivity index (χ0) is 20.5. The molecule has 0 amide bonds. The summed E-state index contributed by atoms with van der Waals surface area (Å²) in [5, 5.41) is 3.37. The van der Waals surface area contributed by atoms with Crippen molar-refractivity contribution in [3.63, 3.8) is 0 Å². The molecule has 4 rings (SSSR count). The molecule has 0 spiro atoms. The van der Waals surface area contributed by atoms with Crippen molar-refractivity contribution in [3.8, 4) is 0 Å². The number of halogens is 2. The molecule has 5 nitrogen and oxygen atoms in total. The number of anilines is 1. The van der Waals surface area contributed by atoms with Crippen LogP contribution in [0.2, 0.25) is 0 Å². The van der Waals surface area contributed by atoms with E-state index in [1.54, 1.807) is 13.0 Å².